The van der Waals surface area contributed by atoms with Gasteiger partial charge in [0.25, 0.3) is 0 Å². The van der Waals surface area contributed by atoms with Crippen molar-refractivity contribution in [2.75, 3.05) is 14.2 Å². The number of benzene rings is 1. The van der Waals surface area contributed by atoms with Crippen LogP contribution in [0.15, 0.2) is 30.9 Å². The normalized spacial score (nSPS) is 13.9. The second-order valence-electron chi connectivity index (χ2n) is 4.02. The Morgan fingerprint density at radius 3 is 2.47 bits per heavy atom. The zero-order chi connectivity index (χ0) is 12.8. The second kappa shape index (κ2) is 6.30. The van der Waals surface area contributed by atoms with Crippen LogP contribution in [0, 0.1) is 0 Å². The van der Waals surface area contributed by atoms with E-state index in [1.165, 1.54) is 0 Å². The van der Waals surface area contributed by atoms with E-state index in [0.717, 1.165) is 17.1 Å². The standard InChI is InChI=1S/C14H21NO2/c1-6-10(2)15-11(3)13-8-7-12(16-4)9-14(13)17-5/h6-11,15H,1H2,2-5H3. The van der Waals surface area contributed by atoms with E-state index in [2.05, 4.69) is 25.7 Å². The van der Waals surface area contributed by atoms with Crippen LogP contribution in [-0.2, 0) is 0 Å². The number of rotatable bonds is 6. The number of nitrogens with one attached hydrogen (secondary N) is 1. The van der Waals surface area contributed by atoms with Gasteiger partial charge in [-0.05, 0) is 19.9 Å². The van der Waals surface area contributed by atoms with Gasteiger partial charge in [-0.15, -0.1) is 6.58 Å². The summed E-state index contributed by atoms with van der Waals surface area (Å²) < 4.78 is 10.6. The zero-order valence-electron chi connectivity index (χ0n) is 11.0. The van der Waals surface area contributed by atoms with E-state index in [1.54, 1.807) is 14.2 Å². The molecule has 0 heterocycles. The van der Waals surface area contributed by atoms with Gasteiger partial charge < -0.3 is 14.8 Å². The van der Waals surface area contributed by atoms with Gasteiger partial charge in [0.1, 0.15) is 11.5 Å². The Hall–Kier alpha value is -1.48. The van der Waals surface area contributed by atoms with Crippen LogP contribution in [0.25, 0.3) is 0 Å². The fraction of sp³-hybridized carbons (Fsp3) is 0.429. The van der Waals surface area contributed by atoms with E-state index in [4.69, 9.17) is 9.47 Å². The molecular weight excluding hydrogens is 214 g/mol. The van der Waals surface area contributed by atoms with Crippen LogP contribution >= 0.6 is 0 Å². The molecule has 0 aromatic heterocycles. The molecule has 0 fully saturated rings. The SMILES string of the molecule is C=CC(C)NC(C)c1ccc(OC)cc1OC. The highest BCUT2D eigenvalue weighted by Gasteiger charge is 2.13. The predicted octanol–water partition coefficient (Wildman–Crippen LogP) is 2.93. The van der Waals surface area contributed by atoms with E-state index < -0.39 is 0 Å². The summed E-state index contributed by atoms with van der Waals surface area (Å²) in [6.07, 6.45) is 1.88. The third kappa shape index (κ3) is 3.49. The van der Waals surface area contributed by atoms with E-state index >= 15 is 0 Å². The van der Waals surface area contributed by atoms with Crippen LogP contribution in [0.5, 0.6) is 11.5 Å². The average molecular weight is 235 g/mol. The Labute approximate surface area is 103 Å². The third-order valence-corrected chi connectivity index (χ3v) is 2.77. The van der Waals surface area contributed by atoms with Crippen LogP contribution in [0.4, 0.5) is 0 Å². The molecular formula is C14H21NO2. The first-order valence-corrected chi connectivity index (χ1v) is 5.73. The first-order chi connectivity index (χ1) is 8.12. The molecule has 0 saturated heterocycles. The minimum atomic E-state index is 0.198. The van der Waals surface area contributed by atoms with E-state index in [0.29, 0.717) is 0 Å². The summed E-state index contributed by atoms with van der Waals surface area (Å²) in [6, 6.07) is 6.31. The smallest absolute Gasteiger partial charge is 0.127 e. The fourth-order valence-corrected chi connectivity index (χ4v) is 1.73. The molecule has 0 saturated carbocycles. The summed E-state index contributed by atoms with van der Waals surface area (Å²) >= 11 is 0. The minimum absolute atomic E-state index is 0.198. The van der Waals surface area contributed by atoms with E-state index in [9.17, 15) is 0 Å². The lowest BCUT2D eigenvalue weighted by Crippen LogP contribution is -2.27. The maximum atomic E-state index is 5.38. The molecule has 1 N–H and O–H groups in total. The van der Waals surface area contributed by atoms with Crippen molar-refractivity contribution in [1.82, 2.24) is 5.32 Å². The zero-order valence-corrected chi connectivity index (χ0v) is 11.0. The maximum absolute atomic E-state index is 5.38. The van der Waals surface area contributed by atoms with Crippen molar-refractivity contribution in [3.8, 4) is 11.5 Å². The molecule has 1 aromatic carbocycles. The summed E-state index contributed by atoms with van der Waals surface area (Å²) in [7, 11) is 3.32. The van der Waals surface area contributed by atoms with Gasteiger partial charge >= 0.3 is 0 Å². The van der Waals surface area contributed by atoms with Crippen molar-refractivity contribution in [2.45, 2.75) is 25.9 Å². The molecule has 0 aliphatic carbocycles. The number of ether oxygens (including phenoxy) is 2. The quantitative estimate of drug-likeness (QED) is 0.769. The van der Waals surface area contributed by atoms with Gasteiger partial charge in [0, 0.05) is 23.7 Å². The van der Waals surface area contributed by atoms with Crippen LogP contribution in [0.1, 0.15) is 25.5 Å². The molecule has 0 radical (unpaired) electrons. The molecule has 0 aliphatic rings. The largest absolute Gasteiger partial charge is 0.497 e. The van der Waals surface area contributed by atoms with Crippen molar-refractivity contribution in [3.05, 3.63) is 36.4 Å². The lowest BCUT2D eigenvalue weighted by Gasteiger charge is -2.20. The molecule has 0 aliphatic heterocycles. The molecule has 0 bridgehead atoms. The first-order valence-electron chi connectivity index (χ1n) is 5.73. The first kappa shape index (κ1) is 13.6. The summed E-state index contributed by atoms with van der Waals surface area (Å²) in [5.74, 6) is 1.63. The predicted molar refractivity (Wildman–Crippen MR) is 70.8 cm³/mol. The summed E-state index contributed by atoms with van der Waals surface area (Å²) in [4.78, 5) is 0. The maximum Gasteiger partial charge on any atom is 0.127 e. The molecule has 1 aromatic rings. The minimum Gasteiger partial charge on any atom is -0.497 e. The third-order valence-electron chi connectivity index (χ3n) is 2.77. The van der Waals surface area contributed by atoms with Crippen molar-refractivity contribution in [3.63, 3.8) is 0 Å². The van der Waals surface area contributed by atoms with Gasteiger partial charge in [-0.1, -0.05) is 12.1 Å². The Bertz CT molecular complexity index is 376. The highest BCUT2D eigenvalue weighted by atomic mass is 16.5. The lowest BCUT2D eigenvalue weighted by atomic mass is 10.1. The molecule has 3 heteroatoms. The van der Waals surface area contributed by atoms with Gasteiger partial charge in [0.2, 0.25) is 0 Å². The summed E-state index contributed by atoms with van der Waals surface area (Å²) in [6.45, 7) is 7.93. The number of hydrogen-bond donors (Lipinski definition) is 1. The van der Waals surface area contributed by atoms with E-state index in [-0.39, 0.29) is 12.1 Å². The topological polar surface area (TPSA) is 30.5 Å². The Balaban J connectivity index is 2.92. The van der Waals surface area contributed by atoms with Crippen molar-refractivity contribution in [2.24, 2.45) is 0 Å². The number of methoxy groups -OCH3 is 2. The molecule has 94 valence electrons. The second-order valence-corrected chi connectivity index (χ2v) is 4.02. The van der Waals surface area contributed by atoms with Crippen LogP contribution < -0.4 is 14.8 Å². The van der Waals surface area contributed by atoms with Gasteiger partial charge in [-0.3, -0.25) is 0 Å². The highest BCUT2D eigenvalue weighted by Crippen LogP contribution is 2.29. The number of hydrogen-bond acceptors (Lipinski definition) is 3. The molecule has 2 atom stereocenters. The van der Waals surface area contributed by atoms with Crippen molar-refractivity contribution in [1.29, 1.82) is 0 Å². The Morgan fingerprint density at radius 2 is 1.94 bits per heavy atom. The molecule has 1 rings (SSSR count). The van der Waals surface area contributed by atoms with Crippen molar-refractivity contribution >= 4 is 0 Å². The molecule has 0 amide bonds. The molecule has 0 spiro atoms. The van der Waals surface area contributed by atoms with Gasteiger partial charge in [0.15, 0.2) is 0 Å². The lowest BCUT2D eigenvalue weighted by molar-refractivity contribution is 0.385. The van der Waals surface area contributed by atoms with Crippen LogP contribution in [0.2, 0.25) is 0 Å². The summed E-state index contributed by atoms with van der Waals surface area (Å²) in [5.41, 5.74) is 1.11. The Kier molecular flexibility index (Phi) is 5.04. The van der Waals surface area contributed by atoms with E-state index in [1.807, 2.05) is 24.3 Å². The molecule has 17 heavy (non-hydrogen) atoms. The van der Waals surface area contributed by atoms with Crippen LogP contribution in [-0.4, -0.2) is 20.3 Å². The average Bonchev–Trinajstić information content (AvgIpc) is 2.37. The van der Waals surface area contributed by atoms with Crippen molar-refractivity contribution < 1.29 is 9.47 Å². The van der Waals surface area contributed by atoms with Crippen LogP contribution in [0.3, 0.4) is 0 Å². The fourth-order valence-electron chi connectivity index (χ4n) is 1.73. The van der Waals surface area contributed by atoms with Gasteiger partial charge in [-0.2, -0.15) is 0 Å². The monoisotopic (exact) mass is 235 g/mol. The highest BCUT2D eigenvalue weighted by molar-refractivity contribution is 5.42. The Morgan fingerprint density at radius 1 is 1.24 bits per heavy atom. The molecule has 2 unspecified atom stereocenters. The summed E-state index contributed by atoms with van der Waals surface area (Å²) in [5, 5.41) is 3.42. The van der Waals surface area contributed by atoms with Gasteiger partial charge in [-0.25, -0.2) is 0 Å². The molecule has 3 nitrogen and oxygen atoms in total. The van der Waals surface area contributed by atoms with Gasteiger partial charge in [0.05, 0.1) is 14.2 Å².